The van der Waals surface area contributed by atoms with Crippen LogP contribution in [0.2, 0.25) is 0 Å². The number of anilines is 1. The highest BCUT2D eigenvalue weighted by atomic mass is 32.1. The molecule has 40 heavy (non-hydrogen) atoms. The van der Waals surface area contributed by atoms with Crippen molar-refractivity contribution >= 4 is 39.3 Å². The standard InChI is InChI=1S/C33H28N2O4S/c1-20-8-17-27-28(35-32(38)39-21(2)22-6-4-3-5-7-22)29(40-30(27)34-20)25-11-9-23(10-12-25)24-13-15-26(16-14-24)33(18-19-33)31(36)37/h3-17,21H,18-19H2,1-2H3,(H,35,38)(H,36,37). The summed E-state index contributed by atoms with van der Waals surface area (Å²) >= 11 is 1.53. The normalized spacial score (nSPS) is 14.4. The zero-order valence-corrected chi connectivity index (χ0v) is 23.0. The minimum absolute atomic E-state index is 0.397. The average Bonchev–Trinajstić information content (AvgIpc) is 3.72. The van der Waals surface area contributed by atoms with Crippen molar-refractivity contribution in [3.8, 4) is 21.6 Å². The summed E-state index contributed by atoms with van der Waals surface area (Å²) in [5.74, 6) is -0.750. The number of carboxylic acids is 1. The predicted octanol–water partition coefficient (Wildman–Crippen LogP) is 8.36. The molecule has 2 aromatic heterocycles. The highest BCUT2D eigenvalue weighted by Gasteiger charge is 2.51. The highest BCUT2D eigenvalue weighted by molar-refractivity contribution is 7.22. The van der Waals surface area contributed by atoms with Gasteiger partial charge in [-0.25, -0.2) is 9.78 Å². The van der Waals surface area contributed by atoms with Crippen molar-refractivity contribution < 1.29 is 19.4 Å². The Hall–Kier alpha value is -4.49. The van der Waals surface area contributed by atoms with Gasteiger partial charge in [0.25, 0.3) is 0 Å². The Bertz CT molecular complexity index is 1710. The topological polar surface area (TPSA) is 88.5 Å². The number of carbonyl (C=O) groups is 2. The zero-order valence-electron chi connectivity index (χ0n) is 22.2. The Morgan fingerprint density at radius 3 is 2.15 bits per heavy atom. The van der Waals surface area contributed by atoms with Crippen LogP contribution in [0.1, 0.15) is 42.7 Å². The fourth-order valence-corrected chi connectivity index (χ4v) is 6.21. The van der Waals surface area contributed by atoms with Crippen molar-refractivity contribution in [2.24, 2.45) is 0 Å². The van der Waals surface area contributed by atoms with Gasteiger partial charge in [0.05, 0.1) is 16.0 Å². The molecule has 7 heteroatoms. The fraction of sp³-hybridized carbons (Fsp3) is 0.182. The second-order valence-electron chi connectivity index (χ2n) is 10.2. The molecular formula is C33H28N2O4S. The van der Waals surface area contributed by atoms with Gasteiger partial charge in [0.2, 0.25) is 0 Å². The summed E-state index contributed by atoms with van der Waals surface area (Å²) < 4.78 is 5.70. The second kappa shape index (κ2) is 10.2. The molecule has 5 aromatic rings. The van der Waals surface area contributed by atoms with Crippen LogP contribution >= 0.6 is 11.3 Å². The summed E-state index contributed by atoms with van der Waals surface area (Å²) in [6.45, 7) is 3.80. The van der Waals surface area contributed by atoms with Crippen molar-refractivity contribution in [3.63, 3.8) is 0 Å². The molecule has 3 aromatic carbocycles. The molecule has 0 bridgehead atoms. The van der Waals surface area contributed by atoms with E-state index >= 15 is 0 Å². The summed E-state index contributed by atoms with van der Waals surface area (Å²) in [5.41, 5.74) is 5.65. The van der Waals surface area contributed by atoms with Crippen LogP contribution in [0.5, 0.6) is 0 Å². The first kappa shape index (κ1) is 25.8. The van der Waals surface area contributed by atoms with Crippen LogP contribution in [0.4, 0.5) is 10.5 Å². The lowest BCUT2D eigenvalue weighted by Gasteiger charge is -2.15. The molecule has 0 saturated heterocycles. The summed E-state index contributed by atoms with van der Waals surface area (Å²) in [4.78, 5) is 31.1. The lowest BCUT2D eigenvalue weighted by molar-refractivity contribution is -0.140. The maximum absolute atomic E-state index is 13.0. The quantitative estimate of drug-likeness (QED) is 0.213. The van der Waals surface area contributed by atoms with Gasteiger partial charge >= 0.3 is 12.1 Å². The average molecular weight is 549 g/mol. The van der Waals surface area contributed by atoms with Gasteiger partial charge in [-0.15, -0.1) is 11.3 Å². The lowest BCUT2D eigenvalue weighted by Crippen LogP contribution is -2.19. The fourth-order valence-electron chi connectivity index (χ4n) is 5.03. The first-order chi connectivity index (χ1) is 19.3. The number of aromatic nitrogens is 1. The van der Waals surface area contributed by atoms with Crippen molar-refractivity contribution in [1.82, 2.24) is 4.98 Å². The minimum Gasteiger partial charge on any atom is -0.481 e. The number of amides is 1. The molecule has 0 radical (unpaired) electrons. The summed E-state index contributed by atoms with van der Waals surface area (Å²) in [6.07, 6.45) is 0.458. The van der Waals surface area contributed by atoms with Crippen LogP contribution in [0.25, 0.3) is 31.8 Å². The van der Waals surface area contributed by atoms with Gasteiger partial charge in [-0.05, 0) is 66.6 Å². The van der Waals surface area contributed by atoms with E-state index in [9.17, 15) is 14.7 Å². The van der Waals surface area contributed by atoms with E-state index in [2.05, 4.69) is 5.32 Å². The van der Waals surface area contributed by atoms with E-state index in [1.54, 1.807) is 0 Å². The van der Waals surface area contributed by atoms with E-state index in [1.165, 1.54) is 11.3 Å². The third-order valence-corrected chi connectivity index (χ3v) is 8.70. The first-order valence-electron chi connectivity index (χ1n) is 13.2. The van der Waals surface area contributed by atoms with Crippen LogP contribution in [-0.4, -0.2) is 22.2 Å². The summed E-state index contributed by atoms with van der Waals surface area (Å²) in [7, 11) is 0. The number of carbonyl (C=O) groups excluding carboxylic acids is 1. The highest BCUT2D eigenvalue weighted by Crippen LogP contribution is 2.49. The number of rotatable bonds is 7. The van der Waals surface area contributed by atoms with E-state index in [-0.39, 0.29) is 0 Å². The molecule has 1 fully saturated rings. The zero-order chi connectivity index (χ0) is 27.9. The third-order valence-electron chi connectivity index (χ3n) is 7.55. The van der Waals surface area contributed by atoms with Gasteiger partial charge in [-0.3, -0.25) is 10.1 Å². The number of carboxylic acid groups (broad SMARTS) is 1. The number of nitrogens with zero attached hydrogens (tertiary/aromatic N) is 1. The van der Waals surface area contributed by atoms with Gasteiger partial charge in [-0.1, -0.05) is 78.9 Å². The first-order valence-corrected chi connectivity index (χ1v) is 14.0. The number of aryl methyl sites for hydroxylation is 1. The van der Waals surface area contributed by atoms with E-state index in [4.69, 9.17) is 9.72 Å². The Morgan fingerprint density at radius 2 is 1.52 bits per heavy atom. The number of hydrogen-bond donors (Lipinski definition) is 2. The SMILES string of the molecule is Cc1ccc2c(NC(=O)OC(C)c3ccccc3)c(-c3ccc(-c4ccc(C5(C(=O)O)CC5)cc4)cc3)sc2n1. The summed E-state index contributed by atoms with van der Waals surface area (Å²) in [5, 5.41) is 13.4. The van der Waals surface area contributed by atoms with E-state index in [1.807, 2.05) is 105 Å². The summed E-state index contributed by atoms with van der Waals surface area (Å²) in [6, 6.07) is 29.5. The number of aliphatic carboxylic acids is 1. The van der Waals surface area contributed by atoms with Crippen molar-refractivity contribution in [2.45, 2.75) is 38.2 Å². The molecule has 1 aliphatic carbocycles. The van der Waals surface area contributed by atoms with E-state index in [0.29, 0.717) is 18.5 Å². The number of pyridine rings is 1. The molecule has 1 atom stereocenters. The maximum atomic E-state index is 13.0. The lowest BCUT2D eigenvalue weighted by atomic mass is 9.93. The van der Waals surface area contributed by atoms with Gasteiger partial charge in [0.1, 0.15) is 10.9 Å². The largest absolute Gasteiger partial charge is 0.481 e. The molecule has 2 N–H and O–H groups in total. The Balaban J connectivity index is 1.27. The monoisotopic (exact) mass is 548 g/mol. The van der Waals surface area contributed by atoms with E-state index in [0.717, 1.165) is 48.6 Å². The van der Waals surface area contributed by atoms with E-state index < -0.39 is 23.6 Å². The van der Waals surface area contributed by atoms with Crippen molar-refractivity contribution in [3.05, 3.63) is 108 Å². The van der Waals surface area contributed by atoms with Crippen molar-refractivity contribution in [2.75, 3.05) is 5.32 Å². The third kappa shape index (κ3) is 4.84. The molecule has 1 unspecified atom stereocenters. The molecule has 1 aliphatic rings. The number of hydrogen-bond acceptors (Lipinski definition) is 5. The molecule has 0 spiro atoms. The number of thiophene rings is 1. The minimum atomic E-state index is -0.750. The number of ether oxygens (including phenoxy) is 1. The van der Waals surface area contributed by atoms with Gasteiger partial charge in [0.15, 0.2) is 0 Å². The van der Waals surface area contributed by atoms with Crippen LogP contribution in [0, 0.1) is 6.92 Å². The number of nitrogens with one attached hydrogen (secondary N) is 1. The van der Waals surface area contributed by atoms with Crippen LogP contribution in [0.15, 0.2) is 91.0 Å². The van der Waals surface area contributed by atoms with Gasteiger partial charge in [0, 0.05) is 11.1 Å². The molecule has 6 nitrogen and oxygen atoms in total. The molecular weight excluding hydrogens is 520 g/mol. The van der Waals surface area contributed by atoms with Crippen LogP contribution in [0.3, 0.4) is 0 Å². The second-order valence-corrected chi connectivity index (χ2v) is 11.2. The van der Waals surface area contributed by atoms with Crippen LogP contribution < -0.4 is 5.32 Å². The van der Waals surface area contributed by atoms with Crippen molar-refractivity contribution in [1.29, 1.82) is 0 Å². The van der Waals surface area contributed by atoms with Gasteiger partial charge < -0.3 is 9.84 Å². The smallest absolute Gasteiger partial charge is 0.412 e. The molecule has 1 saturated carbocycles. The molecule has 1 amide bonds. The predicted molar refractivity (Wildman–Crippen MR) is 159 cm³/mol. The Morgan fingerprint density at radius 1 is 0.900 bits per heavy atom. The number of benzene rings is 3. The number of fused-ring (bicyclic) bond motifs is 1. The van der Waals surface area contributed by atoms with Crippen LogP contribution in [-0.2, 0) is 14.9 Å². The molecule has 200 valence electrons. The van der Waals surface area contributed by atoms with Gasteiger partial charge in [-0.2, -0.15) is 0 Å². The molecule has 6 rings (SSSR count). The Labute approximate surface area is 236 Å². The Kier molecular flexibility index (Phi) is 6.60. The molecule has 2 heterocycles. The molecule has 0 aliphatic heterocycles. The maximum Gasteiger partial charge on any atom is 0.412 e.